The van der Waals surface area contributed by atoms with Gasteiger partial charge in [-0.15, -0.1) is 0 Å². The molecule has 4 rings (SSSR count). The second-order valence-electron chi connectivity index (χ2n) is 7.34. The first-order chi connectivity index (χ1) is 14.6. The van der Waals surface area contributed by atoms with Crippen LogP contribution in [0.1, 0.15) is 35.3 Å². The topological polar surface area (TPSA) is 68.5 Å². The van der Waals surface area contributed by atoms with E-state index in [-0.39, 0.29) is 11.8 Å². The number of aromatic hydroxyl groups is 1. The number of hydrogen-bond acceptors (Lipinski definition) is 4. The highest BCUT2D eigenvalue weighted by atomic mass is 16.5. The van der Waals surface area contributed by atoms with Crippen molar-refractivity contribution in [1.29, 1.82) is 0 Å². The van der Waals surface area contributed by atoms with Gasteiger partial charge < -0.3 is 9.84 Å². The molecular weight excluding hydrogens is 374 g/mol. The first-order valence-electron chi connectivity index (χ1n) is 10.1. The predicted molar refractivity (Wildman–Crippen MR) is 119 cm³/mol. The molecule has 4 aromatic rings. The van der Waals surface area contributed by atoms with Crippen LogP contribution in [0.3, 0.4) is 0 Å². The molecule has 2 heterocycles. The maximum absolute atomic E-state index is 11.2. The fourth-order valence-corrected chi connectivity index (χ4v) is 3.67. The van der Waals surface area contributed by atoms with Gasteiger partial charge in [-0.2, -0.15) is 0 Å². The summed E-state index contributed by atoms with van der Waals surface area (Å²) in [5, 5.41) is 15.6. The minimum absolute atomic E-state index is 0.191. The smallest absolute Gasteiger partial charge is 0.272 e. The monoisotopic (exact) mass is 400 g/mol. The number of aromatic nitrogens is 2. The first kappa shape index (κ1) is 19.7. The van der Waals surface area contributed by atoms with Crippen LogP contribution in [0.5, 0.6) is 11.5 Å². The van der Waals surface area contributed by atoms with Gasteiger partial charge in [0.1, 0.15) is 23.1 Å². The molecule has 5 nitrogen and oxygen atoms in total. The van der Waals surface area contributed by atoms with Gasteiger partial charge in [-0.1, -0.05) is 24.3 Å². The van der Waals surface area contributed by atoms with Crippen LogP contribution >= 0.6 is 0 Å². The molecule has 2 aromatic carbocycles. The molecule has 0 amide bonds. The fraction of sp³-hybridized carbons (Fsp3) is 0.200. The number of nitrogens with one attached hydrogen (secondary N) is 2. The number of phenolic OH excluding ortho intramolecular Hbond substituents is 1. The number of pyridine rings is 2. The third-order valence-electron chi connectivity index (χ3n) is 5.16. The number of aryl methyl sites for hydroxylation is 2. The first-order valence-corrected chi connectivity index (χ1v) is 10.1. The number of aromatic amines is 1. The van der Waals surface area contributed by atoms with Crippen molar-refractivity contribution in [3.63, 3.8) is 0 Å². The molecule has 0 bridgehead atoms. The van der Waals surface area contributed by atoms with Gasteiger partial charge in [0, 0.05) is 28.3 Å². The summed E-state index contributed by atoms with van der Waals surface area (Å²) < 4.78 is 5.70. The lowest BCUT2D eigenvalue weighted by Crippen LogP contribution is -2.19. The van der Waals surface area contributed by atoms with Crippen LogP contribution < -0.4 is 15.0 Å². The van der Waals surface area contributed by atoms with E-state index in [2.05, 4.69) is 21.4 Å². The van der Waals surface area contributed by atoms with Crippen molar-refractivity contribution in [2.45, 2.75) is 26.8 Å². The Bertz CT molecular complexity index is 1180. The third kappa shape index (κ3) is 3.92. The molecule has 0 aliphatic rings. The minimum atomic E-state index is -0.273. The number of phenols is 1. The molecule has 5 heteroatoms. The number of nitrogens with zero attached hydrogens (tertiary/aromatic N) is 1. The van der Waals surface area contributed by atoms with Crippen LogP contribution in [-0.4, -0.2) is 16.7 Å². The number of benzene rings is 2. The number of rotatable bonds is 6. The zero-order chi connectivity index (χ0) is 21.1. The molecule has 0 aliphatic heterocycles. The summed E-state index contributed by atoms with van der Waals surface area (Å²) in [5.74, 6) is 1.91. The number of H-pyrrole nitrogens is 1. The summed E-state index contributed by atoms with van der Waals surface area (Å²) in [6.45, 7) is 6.56. The quantitative estimate of drug-likeness (QED) is 0.479. The van der Waals surface area contributed by atoms with E-state index in [9.17, 15) is 5.11 Å². The third-order valence-corrected chi connectivity index (χ3v) is 5.16. The Labute approximate surface area is 176 Å². The van der Waals surface area contributed by atoms with Crippen LogP contribution in [0, 0.1) is 13.8 Å². The fourth-order valence-electron chi connectivity index (χ4n) is 3.67. The molecule has 2 aromatic heterocycles. The van der Waals surface area contributed by atoms with Crippen molar-refractivity contribution in [2.75, 3.05) is 11.9 Å². The van der Waals surface area contributed by atoms with E-state index in [0.717, 1.165) is 39.3 Å². The van der Waals surface area contributed by atoms with Crippen LogP contribution in [0.15, 0.2) is 66.9 Å². The highest BCUT2D eigenvalue weighted by Gasteiger charge is 2.25. The molecule has 0 unspecified atom stereocenters. The van der Waals surface area contributed by atoms with Gasteiger partial charge in [-0.25, -0.2) is 9.97 Å². The summed E-state index contributed by atoms with van der Waals surface area (Å²) in [6, 6.07) is 19.6. The van der Waals surface area contributed by atoms with E-state index in [4.69, 9.17) is 4.74 Å². The Balaban J connectivity index is 1.84. The minimum Gasteiger partial charge on any atom is -0.505 e. The molecule has 1 atom stereocenters. The molecule has 152 valence electrons. The van der Waals surface area contributed by atoms with Gasteiger partial charge in [0.05, 0.1) is 12.8 Å². The van der Waals surface area contributed by atoms with E-state index in [1.807, 2.05) is 81.6 Å². The summed E-state index contributed by atoms with van der Waals surface area (Å²) in [7, 11) is 0. The molecule has 0 aliphatic carbocycles. The molecular formula is C25H26N3O2+. The van der Waals surface area contributed by atoms with Crippen molar-refractivity contribution in [3.05, 3.63) is 89.2 Å². The van der Waals surface area contributed by atoms with Crippen molar-refractivity contribution in [1.82, 2.24) is 4.98 Å². The second-order valence-corrected chi connectivity index (χ2v) is 7.34. The van der Waals surface area contributed by atoms with E-state index in [1.54, 1.807) is 0 Å². The molecule has 3 N–H and O–H groups in total. The van der Waals surface area contributed by atoms with E-state index in [0.29, 0.717) is 12.1 Å². The summed E-state index contributed by atoms with van der Waals surface area (Å²) in [5.41, 5.74) is 4.32. The van der Waals surface area contributed by atoms with Gasteiger partial charge in [0.25, 0.3) is 5.82 Å². The highest BCUT2D eigenvalue weighted by molar-refractivity contribution is 5.86. The molecule has 30 heavy (non-hydrogen) atoms. The maximum Gasteiger partial charge on any atom is 0.272 e. The van der Waals surface area contributed by atoms with Gasteiger partial charge in [-0.3, -0.25) is 5.32 Å². The SMILES string of the molecule is CCOc1ccc([C@@H](Nc2cccc[nH+]2)c2ccc3ccc(C)nc3c2O)cc1C. The highest BCUT2D eigenvalue weighted by Crippen LogP contribution is 2.37. The Kier molecular flexibility index (Phi) is 5.53. The Morgan fingerprint density at radius 2 is 1.90 bits per heavy atom. The standard InChI is InChI=1S/C25H25N3O2/c1-4-30-21-13-11-19(15-16(21)2)23(28-22-7-5-6-14-26-22)20-12-10-18-9-8-17(3)27-24(18)25(20)29/h5-15,23,29H,4H2,1-3H3,(H,26,28)/p+1/t23-/m1/s1. The Hall–Kier alpha value is -3.60. The van der Waals surface area contributed by atoms with Crippen LogP contribution in [0.25, 0.3) is 10.9 Å². The maximum atomic E-state index is 11.2. The number of fused-ring (bicyclic) bond motifs is 1. The van der Waals surface area contributed by atoms with Crippen molar-refractivity contribution < 1.29 is 14.8 Å². The predicted octanol–water partition coefficient (Wildman–Crippen LogP) is 4.97. The van der Waals surface area contributed by atoms with Gasteiger partial charge in [0.15, 0.2) is 0 Å². The summed E-state index contributed by atoms with van der Waals surface area (Å²) >= 11 is 0. The average Bonchev–Trinajstić information content (AvgIpc) is 2.75. The number of hydrogen-bond donors (Lipinski definition) is 2. The van der Waals surface area contributed by atoms with Gasteiger partial charge in [0.2, 0.25) is 0 Å². The number of ether oxygens (including phenoxy) is 1. The van der Waals surface area contributed by atoms with E-state index < -0.39 is 0 Å². The Morgan fingerprint density at radius 1 is 1.07 bits per heavy atom. The summed E-state index contributed by atoms with van der Waals surface area (Å²) in [6.07, 6.45) is 1.87. The molecule has 0 spiro atoms. The van der Waals surface area contributed by atoms with E-state index >= 15 is 0 Å². The van der Waals surface area contributed by atoms with E-state index in [1.165, 1.54) is 0 Å². The number of anilines is 1. The largest absolute Gasteiger partial charge is 0.505 e. The van der Waals surface area contributed by atoms with Crippen LogP contribution in [0.2, 0.25) is 0 Å². The lowest BCUT2D eigenvalue weighted by molar-refractivity contribution is -0.361. The van der Waals surface area contributed by atoms with Crippen LogP contribution in [-0.2, 0) is 0 Å². The normalized spacial score (nSPS) is 12.0. The van der Waals surface area contributed by atoms with Gasteiger partial charge in [-0.05, 0) is 56.7 Å². The lowest BCUT2D eigenvalue weighted by atomic mass is 9.94. The van der Waals surface area contributed by atoms with Crippen LogP contribution in [0.4, 0.5) is 5.82 Å². The zero-order valence-corrected chi connectivity index (χ0v) is 17.4. The molecule has 0 fully saturated rings. The van der Waals surface area contributed by atoms with Gasteiger partial charge >= 0.3 is 0 Å². The Morgan fingerprint density at radius 3 is 2.63 bits per heavy atom. The average molecular weight is 401 g/mol. The van der Waals surface area contributed by atoms with Crippen molar-refractivity contribution in [2.24, 2.45) is 0 Å². The van der Waals surface area contributed by atoms with Crippen molar-refractivity contribution in [3.8, 4) is 11.5 Å². The molecule has 0 saturated heterocycles. The van der Waals surface area contributed by atoms with Crippen molar-refractivity contribution >= 4 is 16.7 Å². The zero-order valence-electron chi connectivity index (χ0n) is 17.4. The lowest BCUT2D eigenvalue weighted by Gasteiger charge is -2.19. The molecule has 0 radical (unpaired) electrons. The molecule has 0 saturated carbocycles. The summed E-state index contributed by atoms with van der Waals surface area (Å²) in [4.78, 5) is 7.79. The second kappa shape index (κ2) is 8.41.